The molecule has 5 nitrogen and oxygen atoms in total. The molecule has 0 bridgehead atoms. The summed E-state index contributed by atoms with van der Waals surface area (Å²) in [6.45, 7) is 3.24. The highest BCUT2D eigenvalue weighted by Gasteiger charge is 2.26. The molecule has 5 heteroatoms. The first-order valence-electron chi connectivity index (χ1n) is 11.5. The van der Waals surface area contributed by atoms with Gasteiger partial charge in [-0.3, -0.25) is 4.79 Å². The summed E-state index contributed by atoms with van der Waals surface area (Å²) >= 11 is 0. The number of rotatable bonds is 5. The molecular weight excluding hydrogens is 384 g/mol. The molecule has 1 aliphatic heterocycles. The van der Waals surface area contributed by atoms with Crippen LogP contribution in [-0.2, 0) is 4.79 Å². The second kappa shape index (κ2) is 9.06. The Morgan fingerprint density at radius 3 is 2.58 bits per heavy atom. The van der Waals surface area contributed by atoms with Crippen LogP contribution >= 0.6 is 0 Å². The number of hydrogen-bond donors (Lipinski definition) is 2. The van der Waals surface area contributed by atoms with Gasteiger partial charge in [0.1, 0.15) is 5.82 Å². The fourth-order valence-electron chi connectivity index (χ4n) is 4.81. The number of benzene rings is 2. The van der Waals surface area contributed by atoms with Crippen molar-refractivity contribution in [1.82, 2.24) is 14.9 Å². The minimum atomic E-state index is 0.109. The van der Waals surface area contributed by atoms with Crippen molar-refractivity contribution in [3.63, 3.8) is 0 Å². The number of para-hydroxylation sites is 2. The number of carbonyl (C=O) groups is 1. The molecule has 1 amide bonds. The maximum atomic E-state index is 12.8. The number of nitrogens with zero attached hydrogens (tertiary/aromatic N) is 2. The monoisotopic (exact) mass is 414 g/mol. The number of piperidine rings is 1. The molecule has 3 aromatic rings. The Labute approximate surface area is 183 Å². The van der Waals surface area contributed by atoms with Crippen molar-refractivity contribution in [2.24, 2.45) is 11.8 Å². The second-order valence-corrected chi connectivity index (χ2v) is 8.89. The van der Waals surface area contributed by atoms with Crippen LogP contribution < -0.4 is 5.32 Å². The van der Waals surface area contributed by atoms with Crippen LogP contribution in [0.1, 0.15) is 32.1 Å². The number of H-pyrrole nitrogens is 1. The van der Waals surface area contributed by atoms with E-state index in [9.17, 15) is 4.79 Å². The van der Waals surface area contributed by atoms with Crippen molar-refractivity contribution in [3.8, 4) is 11.4 Å². The normalized spacial score (nSPS) is 20.2. The van der Waals surface area contributed by atoms with Crippen LogP contribution in [0, 0.1) is 11.8 Å². The quantitative estimate of drug-likeness (QED) is 0.562. The number of amides is 1. The number of likely N-dealkylation sites (tertiary alicyclic amines) is 1. The third-order valence-corrected chi connectivity index (χ3v) is 6.67. The first kappa shape index (κ1) is 20.0. The third-order valence-electron chi connectivity index (χ3n) is 6.67. The Morgan fingerprint density at radius 2 is 1.84 bits per heavy atom. The lowest BCUT2D eigenvalue weighted by Crippen LogP contribution is -2.40. The zero-order chi connectivity index (χ0) is 21.0. The Hall–Kier alpha value is -2.92. The highest BCUT2D eigenvalue weighted by atomic mass is 16.1. The number of aromatic amines is 1. The van der Waals surface area contributed by atoms with Crippen LogP contribution in [0.4, 0.5) is 5.69 Å². The molecule has 2 N–H and O–H groups in total. The molecule has 5 rings (SSSR count). The average Bonchev–Trinajstić information content (AvgIpc) is 3.25. The van der Waals surface area contributed by atoms with E-state index in [1.807, 2.05) is 48.5 Å². The third kappa shape index (κ3) is 4.72. The molecule has 1 aliphatic carbocycles. The van der Waals surface area contributed by atoms with Gasteiger partial charge in [-0.2, -0.15) is 0 Å². The first-order valence-corrected chi connectivity index (χ1v) is 11.5. The zero-order valence-corrected chi connectivity index (χ0v) is 17.9. The summed E-state index contributed by atoms with van der Waals surface area (Å²) in [7, 11) is 0. The number of anilines is 1. The molecule has 1 atom stereocenters. The van der Waals surface area contributed by atoms with Crippen molar-refractivity contribution in [3.05, 3.63) is 60.7 Å². The molecule has 0 unspecified atom stereocenters. The molecule has 1 saturated heterocycles. The zero-order valence-electron chi connectivity index (χ0n) is 17.9. The molecular formula is C26H30N4O. The van der Waals surface area contributed by atoms with Crippen LogP contribution in [0.15, 0.2) is 60.7 Å². The number of imidazole rings is 1. The van der Waals surface area contributed by atoms with Crippen molar-refractivity contribution < 1.29 is 4.79 Å². The van der Waals surface area contributed by atoms with Crippen LogP contribution in [0.25, 0.3) is 22.4 Å². The molecule has 2 aliphatic rings. The van der Waals surface area contributed by atoms with Gasteiger partial charge in [-0.15, -0.1) is 0 Å². The van der Waals surface area contributed by atoms with Gasteiger partial charge in [0.2, 0.25) is 5.91 Å². The van der Waals surface area contributed by atoms with E-state index in [4.69, 9.17) is 0 Å². The summed E-state index contributed by atoms with van der Waals surface area (Å²) in [5.74, 6) is 1.90. The van der Waals surface area contributed by atoms with Crippen molar-refractivity contribution in [2.45, 2.75) is 32.1 Å². The Kier molecular flexibility index (Phi) is 5.85. The standard InChI is InChI=1S/C26H30N4O/c31-26(21-14-16-30(17-15-21)18-19-6-2-1-3-7-19)27-22-12-10-20(11-13-22)25-28-23-8-4-5-9-24(23)29-25/h1-2,4-5,8-13,19,21H,3,6-7,14-18H2,(H,27,31)(H,28,29)/t19-/m1/s1. The van der Waals surface area contributed by atoms with E-state index in [2.05, 4.69) is 32.3 Å². The van der Waals surface area contributed by atoms with Crippen LogP contribution in [0.3, 0.4) is 0 Å². The fourth-order valence-corrected chi connectivity index (χ4v) is 4.81. The van der Waals surface area contributed by atoms with Gasteiger partial charge >= 0.3 is 0 Å². The van der Waals surface area contributed by atoms with Gasteiger partial charge in [-0.05, 0) is 87.5 Å². The number of hydrogen-bond acceptors (Lipinski definition) is 3. The minimum Gasteiger partial charge on any atom is -0.338 e. The number of nitrogens with one attached hydrogen (secondary N) is 2. The molecule has 0 saturated carbocycles. The highest BCUT2D eigenvalue weighted by Crippen LogP contribution is 2.25. The van der Waals surface area contributed by atoms with E-state index in [0.29, 0.717) is 0 Å². The van der Waals surface area contributed by atoms with E-state index >= 15 is 0 Å². The van der Waals surface area contributed by atoms with Gasteiger partial charge in [0.25, 0.3) is 0 Å². The average molecular weight is 415 g/mol. The van der Waals surface area contributed by atoms with E-state index in [1.165, 1.54) is 25.8 Å². The topological polar surface area (TPSA) is 61.0 Å². The highest BCUT2D eigenvalue weighted by molar-refractivity contribution is 5.93. The maximum Gasteiger partial charge on any atom is 0.227 e. The number of fused-ring (bicyclic) bond motifs is 1. The lowest BCUT2D eigenvalue weighted by atomic mass is 9.91. The molecule has 1 fully saturated rings. The van der Waals surface area contributed by atoms with Gasteiger partial charge in [0, 0.05) is 23.7 Å². The van der Waals surface area contributed by atoms with Crippen molar-refractivity contribution in [1.29, 1.82) is 0 Å². The minimum absolute atomic E-state index is 0.109. The van der Waals surface area contributed by atoms with Crippen molar-refractivity contribution in [2.75, 3.05) is 25.0 Å². The van der Waals surface area contributed by atoms with E-state index in [0.717, 1.165) is 60.0 Å². The van der Waals surface area contributed by atoms with Gasteiger partial charge in [0.15, 0.2) is 0 Å². The second-order valence-electron chi connectivity index (χ2n) is 8.89. The summed E-state index contributed by atoms with van der Waals surface area (Å²) in [5.41, 5.74) is 3.85. The molecule has 160 valence electrons. The molecule has 2 aromatic carbocycles. The first-order chi connectivity index (χ1) is 15.2. The van der Waals surface area contributed by atoms with Gasteiger partial charge in [-0.1, -0.05) is 24.3 Å². The van der Waals surface area contributed by atoms with Gasteiger partial charge < -0.3 is 15.2 Å². The summed E-state index contributed by atoms with van der Waals surface area (Å²) in [6.07, 6.45) is 10.3. The molecule has 2 heterocycles. The van der Waals surface area contributed by atoms with E-state index in [1.54, 1.807) is 0 Å². The summed E-state index contributed by atoms with van der Waals surface area (Å²) < 4.78 is 0. The van der Waals surface area contributed by atoms with Crippen LogP contribution in [-0.4, -0.2) is 40.4 Å². The van der Waals surface area contributed by atoms with Crippen LogP contribution in [0.5, 0.6) is 0 Å². The predicted octanol–water partition coefficient (Wildman–Crippen LogP) is 5.24. The Morgan fingerprint density at radius 1 is 1.03 bits per heavy atom. The summed E-state index contributed by atoms with van der Waals surface area (Å²) in [4.78, 5) is 23.3. The largest absolute Gasteiger partial charge is 0.338 e. The molecule has 31 heavy (non-hydrogen) atoms. The molecule has 1 aromatic heterocycles. The van der Waals surface area contributed by atoms with Crippen LogP contribution in [0.2, 0.25) is 0 Å². The Balaban J connectivity index is 1.14. The fraction of sp³-hybridized carbons (Fsp3) is 0.385. The number of allylic oxidation sites excluding steroid dienone is 2. The number of carbonyl (C=O) groups excluding carboxylic acids is 1. The smallest absolute Gasteiger partial charge is 0.227 e. The maximum absolute atomic E-state index is 12.8. The van der Waals surface area contributed by atoms with E-state index in [-0.39, 0.29) is 11.8 Å². The molecule has 0 spiro atoms. The Bertz CT molecular complexity index is 1030. The van der Waals surface area contributed by atoms with E-state index < -0.39 is 0 Å². The van der Waals surface area contributed by atoms with Gasteiger partial charge in [0.05, 0.1) is 11.0 Å². The van der Waals surface area contributed by atoms with Crippen molar-refractivity contribution >= 4 is 22.6 Å². The summed E-state index contributed by atoms with van der Waals surface area (Å²) in [6, 6.07) is 16.0. The summed E-state index contributed by atoms with van der Waals surface area (Å²) in [5, 5.41) is 3.12. The predicted molar refractivity (Wildman–Crippen MR) is 126 cm³/mol. The lowest BCUT2D eigenvalue weighted by molar-refractivity contribution is -0.121. The SMILES string of the molecule is O=C(Nc1ccc(-c2nc3ccccc3[nH]2)cc1)C1CCN(C[C@@H]2CC=CCC2)CC1. The lowest BCUT2D eigenvalue weighted by Gasteiger charge is -2.34. The molecule has 0 radical (unpaired) electrons. The van der Waals surface area contributed by atoms with Gasteiger partial charge in [-0.25, -0.2) is 4.98 Å². The number of aromatic nitrogens is 2.